The van der Waals surface area contributed by atoms with E-state index in [0.29, 0.717) is 17.9 Å². The standard InChI is InChI=1S/C22H24ClF4N5O2/c1-4-30(3)19(21(28-2)17-6-5-14(23)7-18(17)24)12-32-20(33)8-15(9-29-32)31-10-16(11-31)34-13-22(25,26)27/h5-9,16H,2,4,10-13H2,1,3H3/b21-19-. The van der Waals surface area contributed by atoms with E-state index in [0.717, 1.165) is 0 Å². The van der Waals surface area contributed by atoms with E-state index in [1.807, 2.05) is 6.92 Å². The Morgan fingerprint density at radius 2 is 2.06 bits per heavy atom. The van der Waals surface area contributed by atoms with Gasteiger partial charge in [0.2, 0.25) is 0 Å². The number of benzene rings is 1. The van der Waals surface area contributed by atoms with Crippen molar-refractivity contribution in [1.82, 2.24) is 14.7 Å². The number of aromatic nitrogens is 2. The van der Waals surface area contributed by atoms with Gasteiger partial charge in [0.05, 0.1) is 35.9 Å². The first-order valence-electron chi connectivity index (χ1n) is 10.4. The molecule has 34 heavy (non-hydrogen) atoms. The molecule has 0 bridgehead atoms. The highest BCUT2D eigenvalue weighted by molar-refractivity contribution is 6.30. The molecule has 0 unspecified atom stereocenters. The molecule has 7 nitrogen and oxygen atoms in total. The molecule has 1 aliphatic heterocycles. The fourth-order valence-corrected chi connectivity index (χ4v) is 3.56. The quantitative estimate of drug-likeness (QED) is 0.386. The third kappa shape index (κ3) is 6.15. The molecular formula is C22H24ClF4N5O2. The second-order valence-electron chi connectivity index (χ2n) is 7.75. The maximum atomic E-state index is 14.6. The highest BCUT2D eigenvalue weighted by Gasteiger charge is 2.34. The van der Waals surface area contributed by atoms with E-state index < -0.39 is 30.3 Å². The second-order valence-corrected chi connectivity index (χ2v) is 8.19. The van der Waals surface area contributed by atoms with E-state index in [9.17, 15) is 22.4 Å². The van der Waals surface area contributed by atoms with Gasteiger partial charge in [-0.2, -0.15) is 18.3 Å². The maximum absolute atomic E-state index is 14.6. The third-order valence-electron chi connectivity index (χ3n) is 5.40. The molecule has 0 aliphatic carbocycles. The molecule has 2 aromatic rings. The zero-order valence-electron chi connectivity index (χ0n) is 18.6. The first-order valence-corrected chi connectivity index (χ1v) is 10.8. The number of allylic oxidation sites excluding steroid dienone is 1. The van der Waals surface area contributed by atoms with Crippen molar-refractivity contribution in [3.63, 3.8) is 0 Å². The summed E-state index contributed by atoms with van der Waals surface area (Å²) in [6.45, 7) is 5.14. The van der Waals surface area contributed by atoms with Crippen LogP contribution in [0.15, 0.2) is 45.9 Å². The van der Waals surface area contributed by atoms with Gasteiger partial charge in [0.25, 0.3) is 5.56 Å². The summed E-state index contributed by atoms with van der Waals surface area (Å²) in [6.07, 6.45) is -3.49. The minimum absolute atomic E-state index is 0.00279. The molecule has 12 heteroatoms. The molecule has 0 N–H and O–H groups in total. The molecule has 0 amide bonds. The number of hydrogen-bond donors (Lipinski definition) is 0. The average Bonchev–Trinajstić information content (AvgIpc) is 2.73. The maximum Gasteiger partial charge on any atom is 0.411 e. The third-order valence-corrected chi connectivity index (χ3v) is 5.64. The number of alkyl halides is 3. The number of aliphatic imine (C=N–C) groups is 1. The van der Waals surface area contributed by atoms with Crippen molar-refractivity contribution in [3.8, 4) is 0 Å². The normalized spacial score (nSPS) is 15.1. The Labute approximate surface area is 198 Å². The van der Waals surface area contributed by atoms with Crippen LogP contribution in [-0.2, 0) is 11.3 Å². The molecule has 2 heterocycles. The lowest BCUT2D eigenvalue weighted by Gasteiger charge is -2.40. The molecule has 3 rings (SSSR count). The second kappa shape index (κ2) is 10.6. The van der Waals surface area contributed by atoms with Gasteiger partial charge in [0.1, 0.15) is 12.4 Å². The van der Waals surface area contributed by atoms with E-state index >= 15 is 0 Å². The largest absolute Gasteiger partial charge is 0.411 e. The Bertz CT molecular complexity index is 1130. The Morgan fingerprint density at radius 1 is 1.35 bits per heavy atom. The topological polar surface area (TPSA) is 63.0 Å². The molecule has 1 aromatic heterocycles. The van der Waals surface area contributed by atoms with Crippen LogP contribution >= 0.6 is 11.6 Å². The number of anilines is 1. The van der Waals surface area contributed by atoms with Gasteiger partial charge in [-0.05, 0) is 31.8 Å². The van der Waals surface area contributed by atoms with Crippen molar-refractivity contribution in [3.05, 3.63) is 62.9 Å². The van der Waals surface area contributed by atoms with Crippen molar-refractivity contribution in [2.75, 3.05) is 38.2 Å². The molecular weight excluding hydrogens is 478 g/mol. The first kappa shape index (κ1) is 25.7. The van der Waals surface area contributed by atoms with Crippen molar-refractivity contribution in [2.24, 2.45) is 4.99 Å². The van der Waals surface area contributed by atoms with Gasteiger partial charge >= 0.3 is 6.18 Å². The summed E-state index contributed by atoms with van der Waals surface area (Å²) in [5, 5.41) is 4.44. The van der Waals surface area contributed by atoms with E-state index in [4.69, 9.17) is 16.3 Å². The van der Waals surface area contributed by atoms with Crippen molar-refractivity contribution >= 4 is 29.7 Å². The Morgan fingerprint density at radius 3 is 2.62 bits per heavy atom. The number of ether oxygens (including phenoxy) is 1. The number of halogens is 5. The van der Waals surface area contributed by atoms with Crippen molar-refractivity contribution in [1.29, 1.82) is 0 Å². The van der Waals surface area contributed by atoms with E-state index in [-0.39, 0.29) is 35.9 Å². The fraction of sp³-hybridized carbons (Fsp3) is 0.409. The van der Waals surface area contributed by atoms with Crippen LogP contribution in [0.4, 0.5) is 23.2 Å². The average molecular weight is 502 g/mol. The van der Waals surface area contributed by atoms with Crippen LogP contribution < -0.4 is 10.5 Å². The van der Waals surface area contributed by atoms with Crippen LogP contribution in [0.25, 0.3) is 5.70 Å². The summed E-state index contributed by atoms with van der Waals surface area (Å²) < 4.78 is 57.4. The summed E-state index contributed by atoms with van der Waals surface area (Å²) in [5.41, 5.74) is 1.01. The minimum atomic E-state index is -4.38. The smallest absolute Gasteiger partial charge is 0.375 e. The van der Waals surface area contributed by atoms with Gasteiger partial charge < -0.3 is 14.5 Å². The lowest BCUT2D eigenvalue weighted by atomic mass is 10.1. The fourth-order valence-electron chi connectivity index (χ4n) is 3.40. The molecule has 0 saturated carbocycles. The lowest BCUT2D eigenvalue weighted by molar-refractivity contribution is -0.187. The predicted molar refractivity (Wildman–Crippen MR) is 123 cm³/mol. The molecule has 0 radical (unpaired) electrons. The summed E-state index contributed by atoms with van der Waals surface area (Å²) in [4.78, 5) is 20.3. The van der Waals surface area contributed by atoms with E-state index in [1.165, 1.54) is 35.1 Å². The van der Waals surface area contributed by atoms with Crippen LogP contribution in [0.1, 0.15) is 12.5 Å². The Hall–Kier alpha value is -2.92. The monoisotopic (exact) mass is 501 g/mol. The van der Waals surface area contributed by atoms with Crippen LogP contribution in [0.5, 0.6) is 0 Å². The van der Waals surface area contributed by atoms with Crippen molar-refractivity contribution < 1.29 is 22.3 Å². The van der Waals surface area contributed by atoms with E-state index in [1.54, 1.807) is 16.8 Å². The van der Waals surface area contributed by atoms with Crippen LogP contribution in [0.2, 0.25) is 5.02 Å². The Balaban J connectivity index is 1.81. The van der Waals surface area contributed by atoms with Crippen LogP contribution in [0.3, 0.4) is 0 Å². The van der Waals surface area contributed by atoms with Gasteiger partial charge in [-0.15, -0.1) is 0 Å². The summed E-state index contributed by atoms with van der Waals surface area (Å²) >= 11 is 5.86. The molecule has 0 spiro atoms. The van der Waals surface area contributed by atoms with E-state index in [2.05, 4.69) is 16.8 Å². The SMILES string of the molecule is C=N/C(=C(/Cn1ncc(N2CC(OCC(F)(F)F)C2)cc1=O)N(C)CC)c1ccc(Cl)cc1F. The molecule has 1 saturated heterocycles. The molecule has 1 aromatic carbocycles. The predicted octanol–water partition coefficient (Wildman–Crippen LogP) is 3.82. The van der Waals surface area contributed by atoms with Gasteiger partial charge in [-0.25, -0.2) is 9.07 Å². The zero-order chi connectivity index (χ0) is 25.0. The van der Waals surface area contributed by atoms with Crippen molar-refractivity contribution in [2.45, 2.75) is 25.7 Å². The molecule has 1 fully saturated rings. The summed E-state index contributed by atoms with van der Waals surface area (Å²) in [6, 6.07) is 5.54. The number of nitrogens with zero attached hydrogens (tertiary/aromatic N) is 5. The molecule has 1 aliphatic rings. The first-order chi connectivity index (χ1) is 16.0. The lowest BCUT2D eigenvalue weighted by Crippen LogP contribution is -2.53. The molecule has 0 atom stereocenters. The highest BCUT2D eigenvalue weighted by Crippen LogP contribution is 2.27. The summed E-state index contributed by atoms with van der Waals surface area (Å²) in [7, 11) is 1.77. The Kier molecular flexibility index (Phi) is 7.98. The number of rotatable bonds is 9. The summed E-state index contributed by atoms with van der Waals surface area (Å²) in [5.74, 6) is -0.576. The van der Waals surface area contributed by atoms with Gasteiger partial charge in [0, 0.05) is 43.3 Å². The van der Waals surface area contributed by atoms with Gasteiger partial charge in [-0.3, -0.25) is 9.79 Å². The number of likely N-dealkylation sites (N-methyl/N-ethyl adjacent to an activating group) is 1. The zero-order valence-corrected chi connectivity index (χ0v) is 19.4. The van der Waals surface area contributed by atoms with Crippen LogP contribution in [-0.4, -0.2) is 67.0 Å². The van der Waals surface area contributed by atoms with Crippen LogP contribution in [0, 0.1) is 5.82 Å². The number of hydrogen-bond acceptors (Lipinski definition) is 6. The van der Waals surface area contributed by atoms with Gasteiger partial charge in [0.15, 0.2) is 0 Å². The minimum Gasteiger partial charge on any atom is -0.375 e. The molecule has 184 valence electrons. The highest BCUT2D eigenvalue weighted by atomic mass is 35.5. The van der Waals surface area contributed by atoms with Gasteiger partial charge in [-0.1, -0.05) is 11.6 Å².